The number of ether oxygens (including phenoxy) is 2. The Bertz CT molecular complexity index is 176. The van der Waals surface area contributed by atoms with Crippen LogP contribution >= 0.6 is 0 Å². The summed E-state index contributed by atoms with van der Waals surface area (Å²) in [5.74, 6) is 0. The highest BCUT2D eigenvalue weighted by atomic mass is 16.5. The zero-order valence-electron chi connectivity index (χ0n) is 8.69. The zero-order valence-corrected chi connectivity index (χ0v) is 8.69. The molecule has 2 heterocycles. The Balaban J connectivity index is 1.76. The summed E-state index contributed by atoms with van der Waals surface area (Å²) in [6.45, 7) is 3.07. The number of aliphatic hydroxyl groups is 1. The molecule has 0 amide bonds. The third-order valence-corrected chi connectivity index (χ3v) is 2.95. The van der Waals surface area contributed by atoms with Crippen molar-refractivity contribution in [1.29, 1.82) is 0 Å². The van der Waals surface area contributed by atoms with Crippen LogP contribution in [0.4, 0.5) is 0 Å². The number of hydrogen-bond acceptors (Lipinski definition) is 4. The average Bonchev–Trinajstić information content (AvgIpc) is 2.46. The Hall–Kier alpha value is -0.160. The number of likely N-dealkylation sites (tertiary alicyclic amines) is 1. The van der Waals surface area contributed by atoms with E-state index < -0.39 is 0 Å². The number of rotatable bonds is 4. The first-order valence-corrected chi connectivity index (χ1v) is 5.32. The predicted octanol–water partition coefficient (Wildman–Crippen LogP) is -0.143. The van der Waals surface area contributed by atoms with Crippen molar-refractivity contribution in [3.8, 4) is 0 Å². The van der Waals surface area contributed by atoms with Gasteiger partial charge in [0.25, 0.3) is 0 Å². The first-order valence-electron chi connectivity index (χ1n) is 5.32. The summed E-state index contributed by atoms with van der Waals surface area (Å²) in [4.78, 5) is 2.29. The number of nitrogens with zero attached hydrogens (tertiary/aromatic N) is 1. The summed E-state index contributed by atoms with van der Waals surface area (Å²) in [5.41, 5.74) is 0. The average molecular weight is 201 g/mol. The molecule has 82 valence electrons. The number of hydrogen-bond donors (Lipinski definition) is 1. The smallest absolute Gasteiger partial charge is 0.0900 e. The van der Waals surface area contributed by atoms with Crippen LogP contribution in [0.3, 0.4) is 0 Å². The Labute approximate surface area is 84.8 Å². The minimum atomic E-state index is -0.363. The van der Waals surface area contributed by atoms with Gasteiger partial charge in [0.2, 0.25) is 0 Å². The van der Waals surface area contributed by atoms with Crippen molar-refractivity contribution < 1.29 is 14.6 Å². The summed E-state index contributed by atoms with van der Waals surface area (Å²) < 4.78 is 10.6. The van der Waals surface area contributed by atoms with Crippen LogP contribution in [-0.2, 0) is 9.47 Å². The lowest BCUT2D eigenvalue weighted by atomic mass is 10.2. The Morgan fingerprint density at radius 1 is 1.43 bits per heavy atom. The minimum Gasteiger partial charge on any atom is -0.389 e. The van der Waals surface area contributed by atoms with Crippen molar-refractivity contribution in [3.63, 3.8) is 0 Å². The van der Waals surface area contributed by atoms with E-state index in [9.17, 15) is 5.11 Å². The molecule has 0 radical (unpaired) electrons. The van der Waals surface area contributed by atoms with E-state index in [0.717, 1.165) is 13.1 Å². The molecule has 3 unspecified atom stereocenters. The van der Waals surface area contributed by atoms with Gasteiger partial charge >= 0.3 is 0 Å². The van der Waals surface area contributed by atoms with E-state index >= 15 is 0 Å². The Morgan fingerprint density at radius 3 is 2.64 bits per heavy atom. The van der Waals surface area contributed by atoms with Crippen molar-refractivity contribution in [2.75, 3.05) is 33.4 Å². The van der Waals surface area contributed by atoms with Gasteiger partial charge in [0, 0.05) is 26.7 Å². The summed E-state index contributed by atoms with van der Waals surface area (Å²) in [6, 6.07) is 0. The topological polar surface area (TPSA) is 41.9 Å². The third kappa shape index (κ3) is 2.45. The highest BCUT2D eigenvalue weighted by Gasteiger charge is 2.33. The van der Waals surface area contributed by atoms with Crippen LogP contribution in [0.5, 0.6) is 0 Å². The number of fused-ring (bicyclic) bond motifs is 2. The lowest BCUT2D eigenvalue weighted by molar-refractivity contribution is -0.0559. The Morgan fingerprint density at radius 2 is 2.07 bits per heavy atom. The van der Waals surface area contributed by atoms with Gasteiger partial charge in [0.15, 0.2) is 0 Å². The molecule has 0 aromatic rings. The molecule has 0 spiro atoms. The minimum absolute atomic E-state index is 0.363. The van der Waals surface area contributed by atoms with Crippen LogP contribution in [0.2, 0.25) is 0 Å². The van der Waals surface area contributed by atoms with E-state index in [1.165, 1.54) is 12.8 Å². The first-order chi connectivity index (χ1) is 6.78. The number of methoxy groups -OCH3 is 1. The number of morpholine rings is 1. The van der Waals surface area contributed by atoms with Crippen molar-refractivity contribution in [3.05, 3.63) is 0 Å². The molecule has 2 bridgehead atoms. The van der Waals surface area contributed by atoms with Gasteiger partial charge in [-0.25, -0.2) is 0 Å². The van der Waals surface area contributed by atoms with Gasteiger partial charge in [-0.2, -0.15) is 0 Å². The van der Waals surface area contributed by atoms with Crippen LogP contribution in [0.15, 0.2) is 0 Å². The Kier molecular flexibility index (Phi) is 3.38. The molecule has 2 rings (SSSR count). The molecule has 2 saturated heterocycles. The van der Waals surface area contributed by atoms with Gasteiger partial charge in [-0.1, -0.05) is 0 Å². The molecule has 2 fully saturated rings. The van der Waals surface area contributed by atoms with Gasteiger partial charge < -0.3 is 14.6 Å². The maximum Gasteiger partial charge on any atom is 0.0900 e. The lowest BCUT2D eigenvalue weighted by Gasteiger charge is -2.33. The van der Waals surface area contributed by atoms with E-state index in [1.54, 1.807) is 7.11 Å². The van der Waals surface area contributed by atoms with Gasteiger partial charge in [0.1, 0.15) is 0 Å². The summed E-state index contributed by atoms with van der Waals surface area (Å²) in [7, 11) is 1.62. The summed E-state index contributed by atoms with van der Waals surface area (Å²) >= 11 is 0. The highest BCUT2D eigenvalue weighted by molar-refractivity contribution is 4.85. The van der Waals surface area contributed by atoms with Crippen LogP contribution in [0.1, 0.15) is 12.8 Å². The van der Waals surface area contributed by atoms with E-state index in [4.69, 9.17) is 9.47 Å². The van der Waals surface area contributed by atoms with Crippen LogP contribution < -0.4 is 0 Å². The molecule has 3 atom stereocenters. The van der Waals surface area contributed by atoms with Crippen LogP contribution in [0.25, 0.3) is 0 Å². The third-order valence-electron chi connectivity index (χ3n) is 2.95. The molecule has 4 nitrogen and oxygen atoms in total. The fraction of sp³-hybridized carbons (Fsp3) is 1.00. The second-order valence-electron chi connectivity index (χ2n) is 4.29. The van der Waals surface area contributed by atoms with Gasteiger partial charge in [-0.15, -0.1) is 0 Å². The maximum absolute atomic E-state index is 9.59. The van der Waals surface area contributed by atoms with E-state index in [-0.39, 0.29) is 6.10 Å². The van der Waals surface area contributed by atoms with Gasteiger partial charge in [-0.05, 0) is 12.8 Å². The van der Waals surface area contributed by atoms with Gasteiger partial charge in [-0.3, -0.25) is 4.90 Å². The van der Waals surface area contributed by atoms with Crippen LogP contribution in [0, 0.1) is 0 Å². The zero-order chi connectivity index (χ0) is 9.97. The fourth-order valence-electron chi connectivity index (χ4n) is 2.39. The predicted molar refractivity (Wildman–Crippen MR) is 52.2 cm³/mol. The fourth-order valence-corrected chi connectivity index (χ4v) is 2.39. The molecule has 0 aromatic carbocycles. The molecule has 0 aliphatic carbocycles. The van der Waals surface area contributed by atoms with Crippen LogP contribution in [-0.4, -0.2) is 61.7 Å². The number of β-amino-alcohol motifs (C(OH)–C–C–N with tert-alkyl or cyclic N) is 1. The second kappa shape index (κ2) is 4.57. The molecule has 1 N–H and O–H groups in total. The van der Waals surface area contributed by atoms with Gasteiger partial charge in [0.05, 0.1) is 24.9 Å². The van der Waals surface area contributed by atoms with E-state index in [1.807, 2.05) is 0 Å². The van der Waals surface area contributed by atoms with Crippen molar-refractivity contribution in [2.24, 2.45) is 0 Å². The molecule has 4 heteroatoms. The molecular weight excluding hydrogens is 182 g/mol. The molecule has 2 aliphatic rings. The SMILES string of the molecule is COCC(O)CN1CC2CCC(C1)O2. The highest BCUT2D eigenvalue weighted by Crippen LogP contribution is 2.26. The number of aliphatic hydroxyl groups excluding tert-OH is 1. The molecule has 2 aliphatic heterocycles. The monoisotopic (exact) mass is 201 g/mol. The molecule has 0 aromatic heterocycles. The van der Waals surface area contributed by atoms with Crippen molar-refractivity contribution in [2.45, 2.75) is 31.2 Å². The van der Waals surface area contributed by atoms with Crippen molar-refractivity contribution in [1.82, 2.24) is 4.90 Å². The molecular formula is C10H19NO3. The van der Waals surface area contributed by atoms with E-state index in [2.05, 4.69) is 4.90 Å². The normalized spacial score (nSPS) is 34.7. The largest absolute Gasteiger partial charge is 0.389 e. The van der Waals surface area contributed by atoms with Crippen molar-refractivity contribution >= 4 is 0 Å². The molecule has 14 heavy (non-hydrogen) atoms. The quantitative estimate of drug-likeness (QED) is 0.687. The first kappa shape index (κ1) is 10.4. The standard InChI is InChI=1S/C10H19NO3/c1-13-7-8(12)4-11-5-9-2-3-10(6-11)14-9/h8-10,12H,2-7H2,1H3. The second-order valence-corrected chi connectivity index (χ2v) is 4.29. The maximum atomic E-state index is 9.59. The summed E-state index contributed by atoms with van der Waals surface area (Å²) in [6.07, 6.45) is 2.81. The summed E-state index contributed by atoms with van der Waals surface area (Å²) in [5, 5.41) is 9.59. The van der Waals surface area contributed by atoms with E-state index in [0.29, 0.717) is 25.4 Å². The molecule has 0 saturated carbocycles. The lowest BCUT2D eigenvalue weighted by Crippen LogP contribution is -2.46.